The van der Waals surface area contributed by atoms with Gasteiger partial charge in [0.1, 0.15) is 5.69 Å². The van der Waals surface area contributed by atoms with Crippen LogP contribution in [0, 0.1) is 5.41 Å². The second-order valence-electron chi connectivity index (χ2n) is 6.36. The van der Waals surface area contributed by atoms with Gasteiger partial charge in [-0.2, -0.15) is 0 Å². The average molecular weight is 285 g/mol. The maximum absolute atomic E-state index is 12.4. The van der Waals surface area contributed by atoms with Gasteiger partial charge < -0.3 is 11.1 Å². The predicted octanol–water partition coefficient (Wildman–Crippen LogP) is 2.73. The molecule has 1 aromatic carbocycles. The minimum atomic E-state index is -0.144. The molecular formula is C17H23N3O. The number of carbonyl (C=O) groups excluding carboxylic acids is 1. The monoisotopic (exact) mass is 285 g/mol. The molecule has 0 aliphatic heterocycles. The fraction of sp³-hybridized carbons (Fsp3) is 0.412. The SMILES string of the molecule is CC(C)(C)C(CCN)NC(=O)c1ccc2ccccc2n1. The Balaban J connectivity index is 2.21. The minimum Gasteiger partial charge on any atom is -0.347 e. The summed E-state index contributed by atoms with van der Waals surface area (Å²) in [6.45, 7) is 6.84. The molecule has 2 aromatic rings. The van der Waals surface area contributed by atoms with Crippen LogP contribution >= 0.6 is 0 Å². The van der Waals surface area contributed by atoms with Crippen LogP contribution in [0.25, 0.3) is 10.9 Å². The van der Waals surface area contributed by atoms with Gasteiger partial charge in [0.25, 0.3) is 5.91 Å². The van der Waals surface area contributed by atoms with Crippen molar-refractivity contribution >= 4 is 16.8 Å². The van der Waals surface area contributed by atoms with E-state index in [-0.39, 0.29) is 17.4 Å². The van der Waals surface area contributed by atoms with E-state index in [0.29, 0.717) is 12.2 Å². The number of hydrogen-bond donors (Lipinski definition) is 2. The van der Waals surface area contributed by atoms with Gasteiger partial charge in [0.15, 0.2) is 0 Å². The van der Waals surface area contributed by atoms with Crippen molar-refractivity contribution in [1.82, 2.24) is 10.3 Å². The van der Waals surface area contributed by atoms with Crippen LogP contribution in [0.4, 0.5) is 0 Å². The second-order valence-corrected chi connectivity index (χ2v) is 6.36. The maximum atomic E-state index is 12.4. The number of nitrogens with one attached hydrogen (secondary N) is 1. The molecule has 4 heteroatoms. The summed E-state index contributed by atoms with van der Waals surface area (Å²) < 4.78 is 0. The lowest BCUT2D eigenvalue weighted by Gasteiger charge is -2.31. The van der Waals surface area contributed by atoms with Crippen LogP contribution < -0.4 is 11.1 Å². The van der Waals surface area contributed by atoms with Crippen LogP contribution in [-0.2, 0) is 0 Å². The highest BCUT2D eigenvalue weighted by molar-refractivity contribution is 5.95. The number of carbonyl (C=O) groups is 1. The molecule has 0 spiro atoms. The van der Waals surface area contributed by atoms with Crippen molar-refractivity contribution < 1.29 is 4.79 Å². The number of fused-ring (bicyclic) bond motifs is 1. The zero-order chi connectivity index (χ0) is 15.5. The molecule has 1 heterocycles. The summed E-state index contributed by atoms with van der Waals surface area (Å²) >= 11 is 0. The summed E-state index contributed by atoms with van der Waals surface area (Å²) in [5.74, 6) is -0.144. The molecule has 0 bridgehead atoms. The van der Waals surface area contributed by atoms with E-state index in [4.69, 9.17) is 5.73 Å². The van der Waals surface area contributed by atoms with Crippen LogP contribution in [0.2, 0.25) is 0 Å². The van der Waals surface area contributed by atoms with Crippen LogP contribution in [0.1, 0.15) is 37.7 Å². The Morgan fingerprint density at radius 2 is 1.95 bits per heavy atom. The Morgan fingerprint density at radius 3 is 2.62 bits per heavy atom. The molecule has 2 rings (SSSR count). The quantitative estimate of drug-likeness (QED) is 0.907. The number of rotatable bonds is 4. The molecule has 0 aliphatic carbocycles. The normalized spacial score (nSPS) is 13.1. The maximum Gasteiger partial charge on any atom is 0.270 e. The van der Waals surface area contributed by atoms with Crippen LogP contribution in [-0.4, -0.2) is 23.5 Å². The Morgan fingerprint density at radius 1 is 1.24 bits per heavy atom. The third kappa shape index (κ3) is 3.79. The fourth-order valence-corrected chi connectivity index (χ4v) is 2.31. The smallest absolute Gasteiger partial charge is 0.270 e. The van der Waals surface area contributed by atoms with Gasteiger partial charge in [-0.3, -0.25) is 4.79 Å². The number of amides is 1. The number of para-hydroxylation sites is 1. The van der Waals surface area contributed by atoms with E-state index in [1.165, 1.54) is 0 Å². The van der Waals surface area contributed by atoms with E-state index in [1.807, 2.05) is 30.3 Å². The first kappa shape index (κ1) is 15.4. The molecule has 1 atom stereocenters. The molecule has 112 valence electrons. The lowest BCUT2D eigenvalue weighted by atomic mass is 9.84. The zero-order valence-corrected chi connectivity index (χ0v) is 12.9. The highest BCUT2D eigenvalue weighted by atomic mass is 16.1. The molecule has 4 nitrogen and oxygen atoms in total. The minimum absolute atomic E-state index is 0.0308. The van der Waals surface area contributed by atoms with E-state index in [1.54, 1.807) is 6.07 Å². The van der Waals surface area contributed by atoms with Crippen molar-refractivity contribution in [1.29, 1.82) is 0 Å². The topological polar surface area (TPSA) is 68.0 Å². The van der Waals surface area contributed by atoms with E-state index < -0.39 is 0 Å². The Hall–Kier alpha value is -1.94. The first-order valence-corrected chi connectivity index (χ1v) is 7.28. The largest absolute Gasteiger partial charge is 0.347 e. The highest BCUT2D eigenvalue weighted by Crippen LogP contribution is 2.22. The third-order valence-electron chi connectivity index (χ3n) is 3.64. The molecule has 1 unspecified atom stereocenters. The lowest BCUT2D eigenvalue weighted by molar-refractivity contribution is 0.0894. The van der Waals surface area contributed by atoms with Crippen LogP contribution in [0.3, 0.4) is 0 Å². The highest BCUT2D eigenvalue weighted by Gasteiger charge is 2.26. The molecule has 0 aliphatic rings. The standard InChI is InChI=1S/C17H23N3O/c1-17(2,3)15(10-11-18)20-16(21)14-9-8-12-6-4-5-7-13(12)19-14/h4-9,15H,10-11,18H2,1-3H3,(H,20,21). The summed E-state index contributed by atoms with van der Waals surface area (Å²) in [6, 6.07) is 11.5. The molecule has 1 aromatic heterocycles. The summed E-state index contributed by atoms with van der Waals surface area (Å²) in [5.41, 5.74) is 6.89. The number of benzene rings is 1. The van der Waals surface area contributed by atoms with Crippen LogP contribution in [0.5, 0.6) is 0 Å². The fourth-order valence-electron chi connectivity index (χ4n) is 2.31. The summed E-state index contributed by atoms with van der Waals surface area (Å²) in [7, 11) is 0. The molecule has 0 radical (unpaired) electrons. The summed E-state index contributed by atoms with van der Waals surface area (Å²) in [4.78, 5) is 16.8. The van der Waals surface area contributed by atoms with Crippen molar-refractivity contribution in [2.45, 2.75) is 33.2 Å². The van der Waals surface area contributed by atoms with Gasteiger partial charge in [-0.25, -0.2) is 4.98 Å². The number of aromatic nitrogens is 1. The van der Waals surface area contributed by atoms with E-state index in [0.717, 1.165) is 17.3 Å². The Bertz CT molecular complexity index is 631. The first-order valence-electron chi connectivity index (χ1n) is 7.28. The first-order chi connectivity index (χ1) is 9.91. The molecule has 1 amide bonds. The molecule has 0 fully saturated rings. The Labute approximate surface area is 125 Å². The van der Waals surface area contributed by atoms with E-state index >= 15 is 0 Å². The lowest BCUT2D eigenvalue weighted by Crippen LogP contribution is -2.45. The predicted molar refractivity (Wildman–Crippen MR) is 86.1 cm³/mol. The molecule has 21 heavy (non-hydrogen) atoms. The van der Waals surface area contributed by atoms with Crippen molar-refractivity contribution in [2.75, 3.05) is 6.54 Å². The number of nitrogens with two attached hydrogens (primary N) is 1. The average Bonchev–Trinajstić information content (AvgIpc) is 2.45. The third-order valence-corrected chi connectivity index (χ3v) is 3.64. The van der Waals surface area contributed by atoms with Gasteiger partial charge in [-0.15, -0.1) is 0 Å². The second kappa shape index (κ2) is 6.22. The summed E-state index contributed by atoms with van der Waals surface area (Å²) in [6.07, 6.45) is 0.753. The van der Waals surface area contributed by atoms with Gasteiger partial charge in [-0.05, 0) is 30.5 Å². The van der Waals surface area contributed by atoms with Gasteiger partial charge in [0.05, 0.1) is 5.52 Å². The van der Waals surface area contributed by atoms with Gasteiger partial charge in [0, 0.05) is 11.4 Å². The zero-order valence-electron chi connectivity index (χ0n) is 12.9. The van der Waals surface area contributed by atoms with E-state index in [9.17, 15) is 4.79 Å². The molecule has 0 saturated heterocycles. The molecular weight excluding hydrogens is 262 g/mol. The molecule has 0 saturated carbocycles. The number of nitrogens with zero attached hydrogens (tertiary/aromatic N) is 1. The van der Waals surface area contributed by atoms with E-state index in [2.05, 4.69) is 31.1 Å². The van der Waals surface area contributed by atoms with Crippen molar-refractivity contribution in [3.63, 3.8) is 0 Å². The number of hydrogen-bond acceptors (Lipinski definition) is 3. The van der Waals surface area contributed by atoms with Crippen LogP contribution in [0.15, 0.2) is 36.4 Å². The number of pyridine rings is 1. The summed E-state index contributed by atoms with van der Waals surface area (Å²) in [5, 5.41) is 4.09. The molecule has 3 N–H and O–H groups in total. The van der Waals surface area contributed by atoms with Gasteiger partial charge in [-0.1, -0.05) is 45.0 Å². The van der Waals surface area contributed by atoms with Crippen molar-refractivity contribution in [3.8, 4) is 0 Å². The van der Waals surface area contributed by atoms with Crippen molar-refractivity contribution in [3.05, 3.63) is 42.1 Å². The van der Waals surface area contributed by atoms with Crippen molar-refractivity contribution in [2.24, 2.45) is 11.1 Å². The van der Waals surface area contributed by atoms with Gasteiger partial charge >= 0.3 is 0 Å². The van der Waals surface area contributed by atoms with Gasteiger partial charge in [0.2, 0.25) is 0 Å². The Kier molecular flexibility index (Phi) is 4.58.